The van der Waals surface area contributed by atoms with Crippen LogP contribution in [-0.2, 0) is 11.3 Å². The molecular weight excluding hydrogens is 269 g/mol. The first kappa shape index (κ1) is 15.8. The maximum atomic E-state index is 14.3. The number of amides is 1. The van der Waals surface area contributed by atoms with Gasteiger partial charge in [-0.25, -0.2) is 4.39 Å². The average molecular weight is 293 g/mol. The van der Waals surface area contributed by atoms with E-state index in [1.165, 1.54) is 6.07 Å². The summed E-state index contributed by atoms with van der Waals surface area (Å²) in [5.41, 5.74) is 1.49. The van der Waals surface area contributed by atoms with Gasteiger partial charge in [-0.05, 0) is 31.0 Å². The Morgan fingerprint density at radius 1 is 1.33 bits per heavy atom. The predicted molar refractivity (Wildman–Crippen MR) is 82.9 cm³/mol. The lowest BCUT2D eigenvalue weighted by Crippen LogP contribution is -2.35. The first-order valence-electron chi connectivity index (χ1n) is 7.60. The summed E-state index contributed by atoms with van der Waals surface area (Å²) in [7, 11) is 1.80. The number of anilines is 1. The Hall–Kier alpha value is -1.62. The Labute approximate surface area is 125 Å². The van der Waals surface area contributed by atoms with Crippen LogP contribution in [0.4, 0.5) is 10.1 Å². The van der Waals surface area contributed by atoms with Crippen LogP contribution in [0.1, 0.15) is 25.3 Å². The van der Waals surface area contributed by atoms with Gasteiger partial charge in [-0.1, -0.05) is 19.1 Å². The quantitative estimate of drug-likeness (QED) is 0.843. The first-order valence-corrected chi connectivity index (χ1v) is 7.60. The average Bonchev–Trinajstić information content (AvgIpc) is 2.61. The zero-order chi connectivity index (χ0) is 15.2. The Morgan fingerprint density at radius 2 is 2.14 bits per heavy atom. The van der Waals surface area contributed by atoms with Crippen molar-refractivity contribution in [2.45, 2.75) is 26.3 Å². The number of nitrogens with one attached hydrogen (secondary N) is 1. The van der Waals surface area contributed by atoms with Crippen LogP contribution in [-0.4, -0.2) is 44.0 Å². The van der Waals surface area contributed by atoms with Gasteiger partial charge in [0.05, 0.1) is 12.2 Å². The summed E-state index contributed by atoms with van der Waals surface area (Å²) < 4.78 is 14.3. The zero-order valence-electron chi connectivity index (χ0n) is 12.9. The van der Waals surface area contributed by atoms with Crippen molar-refractivity contribution in [3.05, 3.63) is 29.6 Å². The lowest BCUT2D eigenvalue weighted by atomic mass is 10.1. The highest BCUT2D eigenvalue weighted by molar-refractivity contribution is 5.82. The lowest BCUT2D eigenvalue weighted by Gasteiger charge is -2.25. The Kier molecular flexibility index (Phi) is 5.56. The second-order valence-electron chi connectivity index (χ2n) is 5.51. The number of carbonyl (C=O) groups is 1. The molecule has 5 heteroatoms. The highest BCUT2D eigenvalue weighted by atomic mass is 19.1. The third kappa shape index (κ3) is 3.94. The van der Waals surface area contributed by atoms with Crippen molar-refractivity contribution in [3.63, 3.8) is 0 Å². The summed E-state index contributed by atoms with van der Waals surface area (Å²) in [4.78, 5) is 15.6. The molecule has 0 bridgehead atoms. The van der Waals surface area contributed by atoms with Crippen molar-refractivity contribution in [3.8, 4) is 0 Å². The molecule has 0 aromatic heterocycles. The molecule has 1 aliphatic heterocycles. The second-order valence-corrected chi connectivity index (χ2v) is 5.51. The van der Waals surface area contributed by atoms with Gasteiger partial charge in [0.2, 0.25) is 5.91 Å². The van der Waals surface area contributed by atoms with Gasteiger partial charge >= 0.3 is 0 Å². The minimum absolute atomic E-state index is 0.0446. The largest absolute Gasteiger partial charge is 0.360 e. The Morgan fingerprint density at radius 3 is 2.90 bits per heavy atom. The van der Waals surface area contributed by atoms with E-state index in [9.17, 15) is 9.18 Å². The highest BCUT2D eigenvalue weighted by Gasteiger charge is 2.23. The number of carbonyl (C=O) groups excluding carboxylic acids is 1. The predicted octanol–water partition coefficient (Wildman–Crippen LogP) is 1.99. The Balaban J connectivity index is 2.22. The molecule has 0 spiro atoms. The molecule has 4 nitrogen and oxygen atoms in total. The number of para-hydroxylation sites is 1. The minimum Gasteiger partial charge on any atom is -0.360 e. The zero-order valence-corrected chi connectivity index (χ0v) is 12.9. The van der Waals surface area contributed by atoms with Crippen molar-refractivity contribution < 1.29 is 9.18 Å². The van der Waals surface area contributed by atoms with E-state index in [0.717, 1.165) is 31.5 Å². The standard InChI is InChI=1S/C16H24FN3O/c1-3-8-18-11-13-6-4-7-14(17)16(13)20-10-5-9-19(2)15(21)12-20/h4,6-7,18H,3,5,8-12H2,1-2H3. The van der Waals surface area contributed by atoms with E-state index in [2.05, 4.69) is 12.2 Å². The topological polar surface area (TPSA) is 35.6 Å². The number of hydrogen-bond donors (Lipinski definition) is 1. The van der Waals surface area contributed by atoms with Crippen LogP contribution >= 0.6 is 0 Å². The number of benzene rings is 1. The fraction of sp³-hybridized carbons (Fsp3) is 0.562. The number of halogens is 1. The molecule has 116 valence electrons. The van der Waals surface area contributed by atoms with E-state index in [4.69, 9.17) is 0 Å². The van der Waals surface area contributed by atoms with Crippen LogP contribution < -0.4 is 10.2 Å². The molecule has 1 heterocycles. The fourth-order valence-electron chi connectivity index (χ4n) is 2.63. The van der Waals surface area contributed by atoms with E-state index in [1.807, 2.05) is 11.0 Å². The van der Waals surface area contributed by atoms with Crippen molar-refractivity contribution in [2.75, 3.05) is 38.1 Å². The molecule has 1 aromatic carbocycles. The van der Waals surface area contributed by atoms with Crippen molar-refractivity contribution >= 4 is 11.6 Å². The van der Waals surface area contributed by atoms with E-state index in [1.54, 1.807) is 18.0 Å². The van der Waals surface area contributed by atoms with Crippen LogP contribution in [0.25, 0.3) is 0 Å². The summed E-state index contributed by atoms with van der Waals surface area (Å²) in [6, 6.07) is 5.13. The SMILES string of the molecule is CCCNCc1cccc(F)c1N1CCCN(C)C(=O)C1. The number of hydrogen-bond acceptors (Lipinski definition) is 3. The first-order chi connectivity index (χ1) is 10.1. The smallest absolute Gasteiger partial charge is 0.241 e. The summed E-state index contributed by atoms with van der Waals surface area (Å²) in [5.74, 6) is -0.202. The van der Waals surface area contributed by atoms with Crippen molar-refractivity contribution in [1.29, 1.82) is 0 Å². The second kappa shape index (κ2) is 7.41. The normalized spacial score (nSPS) is 16.2. The third-order valence-corrected chi connectivity index (χ3v) is 3.80. The summed E-state index contributed by atoms with van der Waals surface area (Å²) >= 11 is 0. The van der Waals surface area contributed by atoms with E-state index in [-0.39, 0.29) is 18.3 Å². The number of rotatable bonds is 5. The van der Waals surface area contributed by atoms with E-state index in [0.29, 0.717) is 18.8 Å². The van der Waals surface area contributed by atoms with Gasteiger partial charge in [-0.15, -0.1) is 0 Å². The number of nitrogens with zero attached hydrogens (tertiary/aromatic N) is 2. The van der Waals surface area contributed by atoms with Gasteiger partial charge < -0.3 is 15.1 Å². The van der Waals surface area contributed by atoms with Gasteiger partial charge in [-0.2, -0.15) is 0 Å². The molecule has 1 saturated heterocycles. The molecule has 1 amide bonds. The maximum absolute atomic E-state index is 14.3. The number of likely N-dealkylation sites (N-methyl/N-ethyl adjacent to an activating group) is 1. The van der Waals surface area contributed by atoms with Gasteiger partial charge in [-0.3, -0.25) is 4.79 Å². The Bertz CT molecular complexity index is 492. The third-order valence-electron chi connectivity index (χ3n) is 3.80. The molecule has 0 aliphatic carbocycles. The van der Waals surface area contributed by atoms with Crippen LogP contribution in [0.2, 0.25) is 0 Å². The highest BCUT2D eigenvalue weighted by Crippen LogP contribution is 2.25. The molecule has 21 heavy (non-hydrogen) atoms. The minimum atomic E-state index is -0.247. The van der Waals surface area contributed by atoms with E-state index < -0.39 is 0 Å². The van der Waals surface area contributed by atoms with Crippen molar-refractivity contribution in [1.82, 2.24) is 10.2 Å². The molecule has 2 rings (SSSR count). The lowest BCUT2D eigenvalue weighted by molar-refractivity contribution is -0.127. The molecule has 1 fully saturated rings. The van der Waals surface area contributed by atoms with Gasteiger partial charge in [0.15, 0.2) is 0 Å². The van der Waals surface area contributed by atoms with Gasteiger partial charge in [0, 0.05) is 26.7 Å². The monoisotopic (exact) mass is 293 g/mol. The van der Waals surface area contributed by atoms with Crippen molar-refractivity contribution in [2.24, 2.45) is 0 Å². The molecule has 0 saturated carbocycles. The molecule has 0 unspecified atom stereocenters. The molecule has 1 N–H and O–H groups in total. The van der Waals surface area contributed by atoms with Gasteiger partial charge in [0.1, 0.15) is 5.82 Å². The summed E-state index contributed by atoms with van der Waals surface area (Å²) in [6.07, 6.45) is 1.90. The summed E-state index contributed by atoms with van der Waals surface area (Å²) in [5, 5.41) is 3.30. The van der Waals surface area contributed by atoms with E-state index >= 15 is 0 Å². The molecule has 1 aliphatic rings. The molecule has 0 atom stereocenters. The van der Waals surface area contributed by atoms with Crippen LogP contribution in [0.3, 0.4) is 0 Å². The van der Waals surface area contributed by atoms with Crippen LogP contribution in [0.15, 0.2) is 18.2 Å². The molecular formula is C16H24FN3O. The van der Waals surface area contributed by atoms with Gasteiger partial charge in [0.25, 0.3) is 0 Å². The van der Waals surface area contributed by atoms with Crippen LogP contribution in [0.5, 0.6) is 0 Å². The summed E-state index contributed by atoms with van der Waals surface area (Å²) in [6.45, 7) is 5.31. The molecule has 0 radical (unpaired) electrons. The van der Waals surface area contributed by atoms with Crippen LogP contribution in [0, 0.1) is 5.82 Å². The molecule has 1 aromatic rings. The maximum Gasteiger partial charge on any atom is 0.241 e. The fourth-order valence-corrected chi connectivity index (χ4v) is 2.63.